The highest BCUT2D eigenvalue weighted by Gasteiger charge is 2.43. The minimum Gasteiger partial charge on any atom is -0.468 e. The van der Waals surface area contributed by atoms with Crippen LogP contribution in [0.4, 0.5) is 0 Å². The van der Waals surface area contributed by atoms with Gasteiger partial charge in [0, 0.05) is 6.42 Å². The molecule has 0 unspecified atom stereocenters. The Bertz CT molecular complexity index is 290. The van der Waals surface area contributed by atoms with E-state index in [1.165, 1.54) is 39.2 Å². The standard InChI is InChI=1S/C13H20O3/c1-16-12(15)10-5-8-13(9-11(10)14)6-3-2-4-7-13/h10H,2-9H2,1H3/t10-/m0/s1. The monoisotopic (exact) mass is 224 g/mol. The molecule has 0 saturated heterocycles. The van der Waals surface area contributed by atoms with Gasteiger partial charge in [-0.15, -0.1) is 0 Å². The summed E-state index contributed by atoms with van der Waals surface area (Å²) in [5, 5.41) is 0. The highest BCUT2D eigenvalue weighted by Crippen LogP contribution is 2.47. The third-order valence-electron chi connectivity index (χ3n) is 4.30. The molecule has 1 spiro atoms. The van der Waals surface area contributed by atoms with E-state index in [1.807, 2.05) is 0 Å². The average molecular weight is 224 g/mol. The van der Waals surface area contributed by atoms with Crippen LogP contribution >= 0.6 is 0 Å². The highest BCUT2D eigenvalue weighted by atomic mass is 16.5. The molecule has 0 N–H and O–H groups in total. The molecule has 1 atom stereocenters. The lowest BCUT2D eigenvalue weighted by molar-refractivity contribution is -0.152. The van der Waals surface area contributed by atoms with Gasteiger partial charge in [0.05, 0.1) is 7.11 Å². The Morgan fingerprint density at radius 2 is 1.94 bits per heavy atom. The van der Waals surface area contributed by atoms with Crippen molar-refractivity contribution in [1.82, 2.24) is 0 Å². The van der Waals surface area contributed by atoms with Crippen LogP contribution in [0.2, 0.25) is 0 Å². The Hall–Kier alpha value is -0.860. The summed E-state index contributed by atoms with van der Waals surface area (Å²) in [5.74, 6) is -0.701. The van der Waals surface area contributed by atoms with E-state index < -0.39 is 5.92 Å². The maximum Gasteiger partial charge on any atom is 0.316 e. The van der Waals surface area contributed by atoms with Crippen molar-refractivity contribution in [2.24, 2.45) is 11.3 Å². The molecule has 0 amide bonds. The maximum absolute atomic E-state index is 12.0. The lowest BCUT2D eigenvalue weighted by Crippen LogP contribution is -2.39. The maximum atomic E-state index is 12.0. The first-order valence-electron chi connectivity index (χ1n) is 6.27. The van der Waals surface area contributed by atoms with Crippen LogP contribution in [0.15, 0.2) is 0 Å². The van der Waals surface area contributed by atoms with E-state index in [1.54, 1.807) is 0 Å². The number of esters is 1. The fourth-order valence-electron chi connectivity index (χ4n) is 3.31. The molecule has 2 rings (SSSR count). The van der Waals surface area contributed by atoms with Crippen molar-refractivity contribution in [1.29, 1.82) is 0 Å². The molecule has 2 aliphatic carbocycles. The molecule has 2 aliphatic rings. The zero-order valence-corrected chi connectivity index (χ0v) is 9.96. The molecule has 0 bridgehead atoms. The predicted octanol–water partition coefficient (Wildman–Crippen LogP) is 2.48. The Kier molecular flexibility index (Phi) is 3.31. The first-order chi connectivity index (χ1) is 7.67. The number of ketones is 1. The molecule has 16 heavy (non-hydrogen) atoms. The van der Waals surface area contributed by atoms with E-state index >= 15 is 0 Å². The Morgan fingerprint density at radius 1 is 1.25 bits per heavy atom. The number of hydrogen-bond acceptors (Lipinski definition) is 3. The van der Waals surface area contributed by atoms with Gasteiger partial charge in [-0.2, -0.15) is 0 Å². The average Bonchev–Trinajstić information content (AvgIpc) is 2.29. The van der Waals surface area contributed by atoms with Gasteiger partial charge in [-0.3, -0.25) is 9.59 Å². The topological polar surface area (TPSA) is 43.4 Å². The second-order valence-corrected chi connectivity index (χ2v) is 5.32. The van der Waals surface area contributed by atoms with E-state index in [-0.39, 0.29) is 17.2 Å². The summed E-state index contributed by atoms with van der Waals surface area (Å²) in [4.78, 5) is 23.4. The van der Waals surface area contributed by atoms with E-state index in [4.69, 9.17) is 0 Å². The number of rotatable bonds is 1. The second kappa shape index (κ2) is 4.56. The van der Waals surface area contributed by atoms with E-state index in [9.17, 15) is 9.59 Å². The number of Topliss-reactive ketones (excluding diaryl/α,β-unsaturated/α-hetero) is 1. The van der Waals surface area contributed by atoms with Crippen molar-refractivity contribution in [2.75, 3.05) is 7.11 Å². The van der Waals surface area contributed by atoms with Crippen LogP contribution in [0.1, 0.15) is 51.4 Å². The van der Waals surface area contributed by atoms with Crippen LogP contribution in [0.3, 0.4) is 0 Å². The van der Waals surface area contributed by atoms with E-state index in [0.29, 0.717) is 12.8 Å². The van der Waals surface area contributed by atoms with Gasteiger partial charge in [0.1, 0.15) is 11.7 Å². The fraction of sp³-hybridized carbons (Fsp3) is 0.846. The number of carbonyl (C=O) groups is 2. The SMILES string of the molecule is COC(=O)[C@H]1CCC2(CCCCC2)CC1=O. The van der Waals surface area contributed by atoms with Crippen molar-refractivity contribution >= 4 is 11.8 Å². The van der Waals surface area contributed by atoms with Gasteiger partial charge in [0.2, 0.25) is 0 Å². The Balaban J connectivity index is 2.01. The molecule has 3 nitrogen and oxygen atoms in total. The molecule has 0 aliphatic heterocycles. The molecular formula is C13H20O3. The van der Waals surface area contributed by atoms with Gasteiger partial charge in [0.25, 0.3) is 0 Å². The van der Waals surface area contributed by atoms with Gasteiger partial charge >= 0.3 is 5.97 Å². The number of methoxy groups -OCH3 is 1. The first-order valence-corrected chi connectivity index (χ1v) is 6.27. The number of carbonyl (C=O) groups excluding carboxylic acids is 2. The molecule has 3 heteroatoms. The molecule has 0 aromatic heterocycles. The lowest BCUT2D eigenvalue weighted by Gasteiger charge is -2.41. The number of ether oxygens (including phenoxy) is 1. The summed E-state index contributed by atoms with van der Waals surface area (Å²) in [6.07, 6.45) is 8.47. The summed E-state index contributed by atoms with van der Waals surface area (Å²) >= 11 is 0. The zero-order chi connectivity index (χ0) is 11.6. The summed E-state index contributed by atoms with van der Waals surface area (Å²) in [5.41, 5.74) is 0.236. The van der Waals surface area contributed by atoms with Crippen LogP contribution < -0.4 is 0 Å². The summed E-state index contributed by atoms with van der Waals surface area (Å²) in [6.45, 7) is 0. The third kappa shape index (κ3) is 2.13. The zero-order valence-electron chi connectivity index (χ0n) is 9.96. The van der Waals surface area contributed by atoms with Crippen LogP contribution in [-0.4, -0.2) is 18.9 Å². The van der Waals surface area contributed by atoms with Crippen LogP contribution in [0.25, 0.3) is 0 Å². The third-order valence-corrected chi connectivity index (χ3v) is 4.30. The number of hydrogen-bond donors (Lipinski definition) is 0. The van der Waals surface area contributed by atoms with Gasteiger partial charge in [-0.25, -0.2) is 0 Å². The van der Waals surface area contributed by atoms with Crippen molar-refractivity contribution in [3.8, 4) is 0 Å². The van der Waals surface area contributed by atoms with Gasteiger partial charge < -0.3 is 4.74 Å². The molecule has 0 aromatic carbocycles. The molecule has 0 heterocycles. The second-order valence-electron chi connectivity index (χ2n) is 5.32. The van der Waals surface area contributed by atoms with Gasteiger partial charge in [-0.05, 0) is 31.1 Å². The minimum atomic E-state index is -0.474. The van der Waals surface area contributed by atoms with Crippen LogP contribution in [0, 0.1) is 11.3 Å². The predicted molar refractivity (Wildman–Crippen MR) is 59.9 cm³/mol. The smallest absolute Gasteiger partial charge is 0.316 e. The normalized spacial score (nSPS) is 29.1. The van der Waals surface area contributed by atoms with E-state index in [0.717, 1.165) is 6.42 Å². The molecular weight excluding hydrogens is 204 g/mol. The molecule has 0 aromatic rings. The van der Waals surface area contributed by atoms with Crippen molar-refractivity contribution in [3.63, 3.8) is 0 Å². The molecule has 0 radical (unpaired) electrons. The van der Waals surface area contributed by atoms with E-state index in [2.05, 4.69) is 4.74 Å². The molecule has 90 valence electrons. The van der Waals surface area contributed by atoms with Crippen molar-refractivity contribution in [2.45, 2.75) is 51.4 Å². The van der Waals surface area contributed by atoms with Gasteiger partial charge in [-0.1, -0.05) is 19.3 Å². The summed E-state index contributed by atoms with van der Waals surface area (Å²) in [7, 11) is 1.36. The Labute approximate surface area is 96.5 Å². The van der Waals surface area contributed by atoms with Crippen molar-refractivity contribution < 1.29 is 14.3 Å². The quantitative estimate of drug-likeness (QED) is 0.507. The van der Waals surface area contributed by atoms with Crippen LogP contribution in [-0.2, 0) is 14.3 Å². The van der Waals surface area contributed by atoms with Crippen LogP contribution in [0.5, 0.6) is 0 Å². The van der Waals surface area contributed by atoms with Crippen molar-refractivity contribution in [3.05, 3.63) is 0 Å². The minimum absolute atomic E-state index is 0.111. The summed E-state index contributed by atoms with van der Waals surface area (Å²) < 4.78 is 4.68. The Morgan fingerprint density at radius 3 is 2.50 bits per heavy atom. The molecule has 2 saturated carbocycles. The fourth-order valence-corrected chi connectivity index (χ4v) is 3.31. The summed E-state index contributed by atoms with van der Waals surface area (Å²) in [6, 6.07) is 0. The highest BCUT2D eigenvalue weighted by molar-refractivity contribution is 5.99. The van der Waals surface area contributed by atoms with Gasteiger partial charge in [0.15, 0.2) is 0 Å². The lowest BCUT2D eigenvalue weighted by atomic mass is 9.63. The molecule has 2 fully saturated rings. The first kappa shape index (κ1) is 11.6. The largest absolute Gasteiger partial charge is 0.468 e.